The van der Waals surface area contributed by atoms with Crippen molar-refractivity contribution in [2.24, 2.45) is 0 Å². The molecule has 0 unspecified atom stereocenters. The maximum absolute atomic E-state index is 4.37. The summed E-state index contributed by atoms with van der Waals surface area (Å²) in [7, 11) is 0. The van der Waals surface area contributed by atoms with Crippen molar-refractivity contribution in [3.63, 3.8) is 0 Å². The van der Waals surface area contributed by atoms with Gasteiger partial charge in [-0.2, -0.15) is 0 Å². The van der Waals surface area contributed by atoms with Gasteiger partial charge in [-0.15, -0.1) is 0 Å². The van der Waals surface area contributed by atoms with Gasteiger partial charge in [0.2, 0.25) is 0 Å². The van der Waals surface area contributed by atoms with Crippen LogP contribution in [0.5, 0.6) is 0 Å². The van der Waals surface area contributed by atoms with Gasteiger partial charge in [0, 0.05) is 24.9 Å². The molecule has 1 aliphatic heterocycles. The summed E-state index contributed by atoms with van der Waals surface area (Å²) in [6, 6.07) is 0.694. The van der Waals surface area contributed by atoms with Crippen molar-refractivity contribution < 1.29 is 0 Å². The fraction of sp³-hybridized carbons (Fsp3) is 0.667. The summed E-state index contributed by atoms with van der Waals surface area (Å²) in [6.45, 7) is 3.31. The van der Waals surface area contributed by atoms with Gasteiger partial charge in [0.15, 0.2) is 0 Å². The van der Waals surface area contributed by atoms with Crippen LogP contribution in [-0.4, -0.2) is 22.6 Å². The molecule has 0 spiro atoms. The number of nitrogens with one attached hydrogen (secondary N) is 1. The number of aryl methyl sites for hydroxylation is 2. The first-order valence-electron chi connectivity index (χ1n) is 5.91. The first kappa shape index (κ1) is 10.6. The maximum Gasteiger partial charge on any atom is 0.128 e. The molecule has 1 aromatic rings. The van der Waals surface area contributed by atoms with Crippen LogP contribution in [0.1, 0.15) is 37.6 Å². The molecule has 3 heteroatoms. The Balaban J connectivity index is 1.82. The van der Waals surface area contributed by atoms with Crippen LogP contribution in [0.25, 0.3) is 0 Å². The van der Waals surface area contributed by atoms with E-state index in [0.29, 0.717) is 6.04 Å². The number of nitrogens with zero attached hydrogens (tertiary/aromatic N) is 2. The molecule has 2 heterocycles. The summed E-state index contributed by atoms with van der Waals surface area (Å²) in [6.07, 6.45) is 9.72. The van der Waals surface area contributed by atoms with Gasteiger partial charge >= 0.3 is 0 Å². The lowest BCUT2D eigenvalue weighted by atomic mass is 10.1. The second-order valence-corrected chi connectivity index (χ2v) is 4.19. The molecule has 1 aliphatic rings. The number of hydrogen-bond donors (Lipinski definition) is 1. The minimum Gasteiger partial charge on any atom is -0.314 e. The highest BCUT2D eigenvalue weighted by Gasteiger charge is 2.13. The fourth-order valence-electron chi connectivity index (χ4n) is 2.00. The summed E-state index contributed by atoms with van der Waals surface area (Å²) in [5.74, 6) is 0.987. The molecule has 15 heavy (non-hydrogen) atoms. The van der Waals surface area contributed by atoms with Crippen LogP contribution in [-0.2, 0) is 12.8 Å². The van der Waals surface area contributed by atoms with Crippen LogP contribution in [0.15, 0.2) is 12.4 Å². The molecule has 0 aromatic carbocycles. The molecule has 0 aliphatic carbocycles. The summed E-state index contributed by atoms with van der Waals surface area (Å²) in [5, 5.41) is 3.49. The summed E-state index contributed by atoms with van der Waals surface area (Å²) >= 11 is 0. The molecule has 1 saturated heterocycles. The molecule has 0 saturated carbocycles. The molecular formula is C12H19N3. The van der Waals surface area contributed by atoms with Crippen LogP contribution in [0.4, 0.5) is 0 Å². The first-order chi connectivity index (χ1) is 7.38. The van der Waals surface area contributed by atoms with E-state index in [0.717, 1.165) is 18.7 Å². The van der Waals surface area contributed by atoms with E-state index in [4.69, 9.17) is 0 Å². The quantitative estimate of drug-likeness (QED) is 0.813. The number of rotatable bonds is 4. The third-order valence-electron chi connectivity index (χ3n) is 3.05. The second kappa shape index (κ2) is 5.21. The average Bonchev–Trinajstić information content (AvgIpc) is 2.80. The zero-order valence-corrected chi connectivity index (χ0v) is 9.37. The summed E-state index contributed by atoms with van der Waals surface area (Å²) in [4.78, 5) is 8.74. The van der Waals surface area contributed by atoms with Gasteiger partial charge in [0.05, 0.1) is 0 Å². The van der Waals surface area contributed by atoms with E-state index in [1.807, 2.05) is 12.4 Å². The predicted octanol–water partition coefficient (Wildman–Crippen LogP) is 1.72. The van der Waals surface area contributed by atoms with E-state index in [1.54, 1.807) is 0 Å². The number of aromatic nitrogens is 2. The lowest BCUT2D eigenvalue weighted by Gasteiger charge is -2.08. The van der Waals surface area contributed by atoms with Gasteiger partial charge in [0.25, 0.3) is 0 Å². The lowest BCUT2D eigenvalue weighted by Crippen LogP contribution is -2.22. The highest BCUT2D eigenvalue weighted by Crippen LogP contribution is 2.10. The Morgan fingerprint density at radius 1 is 1.40 bits per heavy atom. The van der Waals surface area contributed by atoms with E-state index in [-0.39, 0.29) is 0 Å². The summed E-state index contributed by atoms with van der Waals surface area (Å²) < 4.78 is 0. The Hall–Kier alpha value is -0.960. The van der Waals surface area contributed by atoms with E-state index >= 15 is 0 Å². The van der Waals surface area contributed by atoms with Gasteiger partial charge < -0.3 is 5.32 Å². The van der Waals surface area contributed by atoms with Crippen LogP contribution >= 0.6 is 0 Å². The van der Waals surface area contributed by atoms with Crippen LogP contribution in [0.2, 0.25) is 0 Å². The zero-order valence-electron chi connectivity index (χ0n) is 9.37. The zero-order chi connectivity index (χ0) is 10.5. The molecule has 1 fully saturated rings. The average molecular weight is 205 g/mol. The topological polar surface area (TPSA) is 37.8 Å². The van der Waals surface area contributed by atoms with Crippen molar-refractivity contribution in [1.82, 2.24) is 15.3 Å². The van der Waals surface area contributed by atoms with Gasteiger partial charge in [0.1, 0.15) is 5.82 Å². The van der Waals surface area contributed by atoms with Gasteiger partial charge in [-0.25, -0.2) is 9.97 Å². The monoisotopic (exact) mass is 205 g/mol. The minimum atomic E-state index is 0.694. The minimum absolute atomic E-state index is 0.694. The van der Waals surface area contributed by atoms with Crippen molar-refractivity contribution in [2.75, 3.05) is 6.54 Å². The van der Waals surface area contributed by atoms with E-state index in [2.05, 4.69) is 22.2 Å². The second-order valence-electron chi connectivity index (χ2n) is 4.19. The molecule has 3 nitrogen and oxygen atoms in total. The van der Waals surface area contributed by atoms with Crippen molar-refractivity contribution in [3.05, 3.63) is 23.8 Å². The molecule has 0 bridgehead atoms. The first-order valence-corrected chi connectivity index (χ1v) is 5.91. The molecule has 0 amide bonds. The Labute approximate surface area is 91.3 Å². The summed E-state index contributed by atoms with van der Waals surface area (Å²) in [5.41, 5.74) is 1.22. The van der Waals surface area contributed by atoms with Crippen LogP contribution < -0.4 is 5.32 Å². The Bertz CT molecular complexity index is 288. The van der Waals surface area contributed by atoms with Crippen molar-refractivity contribution in [3.8, 4) is 0 Å². The third-order valence-corrected chi connectivity index (χ3v) is 3.05. The van der Waals surface area contributed by atoms with Crippen LogP contribution in [0, 0.1) is 0 Å². The normalized spacial score (nSPS) is 20.7. The van der Waals surface area contributed by atoms with E-state index < -0.39 is 0 Å². The molecule has 1 aromatic heterocycles. The lowest BCUT2D eigenvalue weighted by molar-refractivity contribution is 0.550. The predicted molar refractivity (Wildman–Crippen MR) is 60.8 cm³/mol. The van der Waals surface area contributed by atoms with Crippen molar-refractivity contribution in [2.45, 2.75) is 45.1 Å². The largest absolute Gasteiger partial charge is 0.314 e. The fourth-order valence-corrected chi connectivity index (χ4v) is 2.00. The Morgan fingerprint density at radius 2 is 2.20 bits per heavy atom. The third kappa shape index (κ3) is 2.99. The molecule has 82 valence electrons. The number of hydrogen-bond acceptors (Lipinski definition) is 3. The molecule has 1 atom stereocenters. The van der Waals surface area contributed by atoms with Crippen molar-refractivity contribution in [1.29, 1.82) is 0 Å². The van der Waals surface area contributed by atoms with Gasteiger partial charge in [-0.05, 0) is 37.8 Å². The highest BCUT2D eigenvalue weighted by atomic mass is 14.9. The molecule has 1 N–H and O–H groups in total. The van der Waals surface area contributed by atoms with E-state index in [1.165, 1.54) is 31.4 Å². The molecular weight excluding hydrogens is 186 g/mol. The van der Waals surface area contributed by atoms with Crippen molar-refractivity contribution >= 4 is 0 Å². The Morgan fingerprint density at radius 3 is 2.80 bits per heavy atom. The van der Waals surface area contributed by atoms with Gasteiger partial charge in [-0.3, -0.25) is 0 Å². The van der Waals surface area contributed by atoms with Crippen LogP contribution in [0.3, 0.4) is 0 Å². The highest BCUT2D eigenvalue weighted by molar-refractivity contribution is 5.04. The SMILES string of the molecule is CCc1cnc(CC[C@@H]2CCCN2)nc1. The smallest absolute Gasteiger partial charge is 0.128 e. The maximum atomic E-state index is 4.37. The molecule has 0 radical (unpaired) electrons. The van der Waals surface area contributed by atoms with E-state index in [9.17, 15) is 0 Å². The standard InChI is InChI=1S/C12H19N3/c1-2-10-8-14-12(15-9-10)6-5-11-4-3-7-13-11/h8-9,11,13H,2-7H2,1H3/t11-/m0/s1. The Kier molecular flexibility index (Phi) is 3.67. The molecule has 2 rings (SSSR count). The van der Waals surface area contributed by atoms with Gasteiger partial charge in [-0.1, -0.05) is 6.92 Å².